The third kappa shape index (κ3) is 3.87. The van der Waals surface area contributed by atoms with Gasteiger partial charge in [-0.25, -0.2) is 0 Å². The van der Waals surface area contributed by atoms with Gasteiger partial charge < -0.3 is 19.1 Å². The fourth-order valence-electron chi connectivity index (χ4n) is 2.26. The third-order valence-electron chi connectivity index (χ3n) is 3.44. The van der Waals surface area contributed by atoms with Crippen molar-refractivity contribution in [3.05, 3.63) is 24.3 Å². The number of ether oxygens (including phenoxy) is 3. The first kappa shape index (κ1) is 15.2. The predicted octanol–water partition coefficient (Wildman–Crippen LogP) is 1.10. The molecule has 1 aliphatic rings. The van der Waals surface area contributed by atoms with Crippen LogP contribution in [0.15, 0.2) is 24.3 Å². The fraction of sp³-hybridized carbons (Fsp3) is 0.467. The van der Waals surface area contributed by atoms with Crippen LogP contribution in [-0.2, 0) is 14.3 Å². The van der Waals surface area contributed by atoms with Crippen molar-refractivity contribution in [3.8, 4) is 11.5 Å². The van der Waals surface area contributed by atoms with Crippen molar-refractivity contribution in [2.45, 2.75) is 6.42 Å². The summed E-state index contributed by atoms with van der Waals surface area (Å²) in [5.41, 5.74) is 0. The Morgan fingerprint density at radius 1 is 1.24 bits per heavy atom. The quantitative estimate of drug-likeness (QED) is 0.735. The smallest absolute Gasteiger partial charge is 0.310 e. The summed E-state index contributed by atoms with van der Waals surface area (Å²) in [5, 5.41) is 0. The van der Waals surface area contributed by atoms with E-state index in [2.05, 4.69) is 4.74 Å². The van der Waals surface area contributed by atoms with E-state index in [0.717, 1.165) is 5.75 Å². The highest BCUT2D eigenvalue weighted by Crippen LogP contribution is 2.20. The molecule has 1 fully saturated rings. The molecular formula is C15H19NO5. The highest BCUT2D eigenvalue weighted by atomic mass is 16.5. The summed E-state index contributed by atoms with van der Waals surface area (Å²) in [4.78, 5) is 24.8. The van der Waals surface area contributed by atoms with Crippen molar-refractivity contribution < 1.29 is 23.8 Å². The Hall–Kier alpha value is -2.24. The number of hydrogen-bond acceptors (Lipinski definition) is 5. The van der Waals surface area contributed by atoms with E-state index < -0.39 is 0 Å². The molecule has 1 saturated heterocycles. The molecule has 0 saturated carbocycles. The van der Waals surface area contributed by atoms with Crippen LogP contribution in [0, 0.1) is 5.92 Å². The minimum Gasteiger partial charge on any atom is -0.497 e. The lowest BCUT2D eigenvalue weighted by molar-refractivity contribution is -0.145. The molecule has 0 spiro atoms. The number of likely N-dealkylation sites (tertiary alicyclic amines) is 1. The van der Waals surface area contributed by atoms with Gasteiger partial charge in [-0.3, -0.25) is 9.59 Å². The second-order valence-corrected chi connectivity index (χ2v) is 4.79. The van der Waals surface area contributed by atoms with Crippen LogP contribution in [0.1, 0.15) is 6.42 Å². The van der Waals surface area contributed by atoms with Crippen molar-refractivity contribution in [3.63, 3.8) is 0 Å². The fourth-order valence-corrected chi connectivity index (χ4v) is 2.26. The van der Waals surface area contributed by atoms with Gasteiger partial charge in [-0.15, -0.1) is 0 Å². The van der Waals surface area contributed by atoms with Crippen molar-refractivity contribution in [2.75, 3.05) is 33.9 Å². The lowest BCUT2D eigenvalue weighted by Crippen LogP contribution is -2.30. The molecule has 1 atom stereocenters. The van der Waals surface area contributed by atoms with Gasteiger partial charge in [0.05, 0.1) is 26.7 Å². The largest absolute Gasteiger partial charge is 0.497 e. The van der Waals surface area contributed by atoms with E-state index in [4.69, 9.17) is 9.47 Å². The molecule has 0 N–H and O–H groups in total. The molecule has 0 aliphatic carbocycles. The number of nitrogens with zero attached hydrogens (tertiary/aromatic N) is 1. The molecule has 1 unspecified atom stereocenters. The topological polar surface area (TPSA) is 65.1 Å². The summed E-state index contributed by atoms with van der Waals surface area (Å²) < 4.78 is 15.3. The van der Waals surface area contributed by atoms with Crippen LogP contribution in [0.5, 0.6) is 11.5 Å². The average Bonchev–Trinajstić information content (AvgIpc) is 2.88. The van der Waals surface area contributed by atoms with Crippen LogP contribution in [-0.4, -0.2) is 50.7 Å². The summed E-state index contributed by atoms with van der Waals surface area (Å²) in [7, 11) is 2.94. The standard InChI is InChI=1S/C15H19NO5/c1-19-12-3-5-13(6-4-12)21-8-7-16-10-11(9-14(16)17)15(18)20-2/h3-6,11H,7-10H2,1-2H3. The first-order chi connectivity index (χ1) is 10.1. The lowest BCUT2D eigenvalue weighted by atomic mass is 10.1. The number of carbonyl (C=O) groups is 2. The second kappa shape index (κ2) is 6.97. The molecule has 2 rings (SSSR count). The molecule has 1 aliphatic heterocycles. The lowest BCUT2D eigenvalue weighted by Gasteiger charge is -2.16. The zero-order valence-corrected chi connectivity index (χ0v) is 12.2. The van der Waals surface area contributed by atoms with Gasteiger partial charge in [0, 0.05) is 13.0 Å². The van der Waals surface area contributed by atoms with Gasteiger partial charge in [0.1, 0.15) is 18.1 Å². The molecule has 1 heterocycles. The first-order valence-corrected chi connectivity index (χ1v) is 6.76. The van der Waals surface area contributed by atoms with Crippen molar-refractivity contribution in [1.29, 1.82) is 0 Å². The maximum absolute atomic E-state index is 11.8. The Kier molecular flexibility index (Phi) is 5.03. The van der Waals surface area contributed by atoms with E-state index in [9.17, 15) is 9.59 Å². The van der Waals surface area contributed by atoms with Gasteiger partial charge in [0.2, 0.25) is 5.91 Å². The number of esters is 1. The second-order valence-electron chi connectivity index (χ2n) is 4.79. The van der Waals surface area contributed by atoms with Crippen molar-refractivity contribution >= 4 is 11.9 Å². The molecule has 21 heavy (non-hydrogen) atoms. The molecule has 1 aromatic carbocycles. The van der Waals surface area contributed by atoms with Gasteiger partial charge >= 0.3 is 5.97 Å². The highest BCUT2D eigenvalue weighted by molar-refractivity contribution is 5.86. The van der Waals surface area contributed by atoms with Crippen LogP contribution >= 0.6 is 0 Å². The van der Waals surface area contributed by atoms with Crippen LogP contribution in [0.25, 0.3) is 0 Å². The van der Waals surface area contributed by atoms with Gasteiger partial charge in [0.15, 0.2) is 0 Å². The van der Waals surface area contributed by atoms with E-state index in [0.29, 0.717) is 25.4 Å². The zero-order chi connectivity index (χ0) is 15.2. The monoisotopic (exact) mass is 293 g/mol. The van der Waals surface area contributed by atoms with E-state index in [1.165, 1.54) is 7.11 Å². The van der Waals surface area contributed by atoms with Crippen molar-refractivity contribution in [1.82, 2.24) is 4.90 Å². The summed E-state index contributed by atoms with van der Waals surface area (Å²) in [6, 6.07) is 7.23. The Morgan fingerprint density at radius 2 is 1.90 bits per heavy atom. The number of rotatable bonds is 6. The average molecular weight is 293 g/mol. The molecule has 1 amide bonds. The van der Waals surface area contributed by atoms with Gasteiger partial charge in [-0.1, -0.05) is 0 Å². The Labute approximate surface area is 123 Å². The summed E-state index contributed by atoms with van der Waals surface area (Å²) in [5.74, 6) is 0.749. The molecule has 6 heteroatoms. The van der Waals surface area contributed by atoms with Gasteiger partial charge in [0.25, 0.3) is 0 Å². The van der Waals surface area contributed by atoms with E-state index in [1.54, 1.807) is 12.0 Å². The molecular weight excluding hydrogens is 274 g/mol. The van der Waals surface area contributed by atoms with Crippen LogP contribution in [0.4, 0.5) is 0 Å². The van der Waals surface area contributed by atoms with E-state index in [1.807, 2.05) is 24.3 Å². The number of carbonyl (C=O) groups excluding carboxylic acids is 2. The summed E-state index contributed by atoms with van der Waals surface area (Å²) >= 11 is 0. The summed E-state index contributed by atoms with van der Waals surface area (Å²) in [6.07, 6.45) is 0.217. The number of hydrogen-bond donors (Lipinski definition) is 0. The van der Waals surface area contributed by atoms with Crippen LogP contribution in [0.3, 0.4) is 0 Å². The molecule has 6 nitrogen and oxygen atoms in total. The third-order valence-corrected chi connectivity index (χ3v) is 3.44. The molecule has 0 aromatic heterocycles. The molecule has 114 valence electrons. The number of amides is 1. The Balaban J connectivity index is 1.78. The number of benzene rings is 1. The summed E-state index contributed by atoms with van der Waals surface area (Å²) in [6.45, 7) is 1.24. The van der Waals surface area contributed by atoms with Crippen LogP contribution < -0.4 is 9.47 Å². The number of methoxy groups -OCH3 is 2. The maximum atomic E-state index is 11.8. The minimum atomic E-state index is -0.358. The highest BCUT2D eigenvalue weighted by Gasteiger charge is 2.34. The van der Waals surface area contributed by atoms with Gasteiger partial charge in [-0.2, -0.15) is 0 Å². The zero-order valence-electron chi connectivity index (χ0n) is 12.2. The first-order valence-electron chi connectivity index (χ1n) is 6.76. The maximum Gasteiger partial charge on any atom is 0.310 e. The van der Waals surface area contributed by atoms with E-state index in [-0.39, 0.29) is 24.2 Å². The molecule has 0 bridgehead atoms. The van der Waals surface area contributed by atoms with Gasteiger partial charge in [-0.05, 0) is 24.3 Å². The molecule has 1 aromatic rings. The SMILES string of the molecule is COC(=O)C1CC(=O)N(CCOc2ccc(OC)cc2)C1. The Bertz CT molecular complexity index is 499. The van der Waals surface area contributed by atoms with E-state index >= 15 is 0 Å². The normalized spacial score (nSPS) is 17.7. The molecule has 0 radical (unpaired) electrons. The predicted molar refractivity (Wildman–Crippen MR) is 75.2 cm³/mol. The Morgan fingerprint density at radius 3 is 2.52 bits per heavy atom. The van der Waals surface area contributed by atoms with Crippen LogP contribution in [0.2, 0.25) is 0 Å². The minimum absolute atomic E-state index is 0.0382. The van der Waals surface area contributed by atoms with Crippen molar-refractivity contribution in [2.24, 2.45) is 5.92 Å².